The van der Waals surface area contributed by atoms with Gasteiger partial charge in [0.05, 0.1) is 5.69 Å². The smallest absolute Gasteiger partial charge is 0.249 e. The molecular weight excluding hydrogens is 360 g/mol. The molecule has 3 aromatic rings. The third kappa shape index (κ3) is 3.65. The molecule has 0 saturated heterocycles. The van der Waals surface area contributed by atoms with Crippen LogP contribution in [0, 0.1) is 0 Å². The molecule has 0 aliphatic carbocycles. The van der Waals surface area contributed by atoms with Crippen LogP contribution in [0.25, 0.3) is 5.65 Å². The first-order chi connectivity index (χ1) is 12.4. The number of hydrogen-bond acceptors (Lipinski definition) is 7. The zero-order valence-corrected chi connectivity index (χ0v) is 18.4. The molecule has 3 heterocycles. The minimum Gasteiger partial charge on any atom is -0.312 e. The van der Waals surface area contributed by atoms with Gasteiger partial charge in [0.15, 0.2) is 11.3 Å². The number of nitrogens with zero attached hydrogens (tertiary/aromatic N) is 8. The molecule has 0 spiro atoms. The average molecular weight is 389 g/mol. The Morgan fingerprint density at radius 1 is 0.963 bits per heavy atom. The molecule has 0 amide bonds. The van der Waals surface area contributed by atoms with E-state index in [9.17, 15) is 0 Å². The van der Waals surface area contributed by atoms with Gasteiger partial charge in [0.2, 0.25) is 5.13 Å². The number of hydrogen-bond donors (Lipinski definition) is 0. The number of fused-ring (bicyclic) bond motifs is 1. The highest BCUT2D eigenvalue weighted by Gasteiger charge is 2.28. The van der Waals surface area contributed by atoms with Gasteiger partial charge in [0, 0.05) is 35.3 Å². The monoisotopic (exact) mass is 388 g/mol. The maximum absolute atomic E-state index is 4.70. The molecule has 0 aliphatic heterocycles. The predicted molar refractivity (Wildman–Crippen MR) is 108 cm³/mol. The highest BCUT2D eigenvalue weighted by molar-refractivity contribution is 7.09. The van der Waals surface area contributed by atoms with E-state index < -0.39 is 0 Å². The van der Waals surface area contributed by atoms with Crippen LogP contribution >= 0.6 is 11.5 Å². The summed E-state index contributed by atoms with van der Waals surface area (Å²) in [6.07, 6.45) is 0. The number of rotatable bonds is 3. The molecule has 3 rings (SSSR count). The van der Waals surface area contributed by atoms with Gasteiger partial charge in [-0.15, -0.1) is 20.0 Å². The molecule has 0 radical (unpaired) electrons. The van der Waals surface area contributed by atoms with E-state index in [0.29, 0.717) is 5.13 Å². The van der Waals surface area contributed by atoms with Crippen molar-refractivity contribution in [2.75, 3.05) is 0 Å². The number of aryl methyl sites for hydroxylation is 1. The van der Waals surface area contributed by atoms with Gasteiger partial charge in [0.25, 0.3) is 0 Å². The van der Waals surface area contributed by atoms with Crippen LogP contribution in [-0.2, 0) is 17.9 Å². The summed E-state index contributed by atoms with van der Waals surface area (Å²) in [7, 11) is 1.99. The maximum Gasteiger partial charge on any atom is 0.249 e. The van der Waals surface area contributed by atoms with E-state index in [-0.39, 0.29) is 16.7 Å². The summed E-state index contributed by atoms with van der Waals surface area (Å²) in [5.74, 6) is 2.03. The SMILES string of the molecule is CC(C)c1nn2nc(C(C)(C)C)c(/N=N\c3nc(C(C)(C)C)ns3)c2n1C. The summed E-state index contributed by atoms with van der Waals surface area (Å²) in [6.45, 7) is 16.8. The first kappa shape index (κ1) is 19.6. The Bertz CT molecular complexity index is 991. The van der Waals surface area contributed by atoms with Crippen molar-refractivity contribution in [1.82, 2.24) is 28.8 Å². The second-order valence-corrected chi connectivity index (χ2v) is 9.91. The van der Waals surface area contributed by atoms with Gasteiger partial charge >= 0.3 is 0 Å². The van der Waals surface area contributed by atoms with Gasteiger partial charge < -0.3 is 4.57 Å². The molecule has 0 saturated carbocycles. The van der Waals surface area contributed by atoms with Crippen LogP contribution in [0.15, 0.2) is 10.2 Å². The van der Waals surface area contributed by atoms with E-state index in [1.807, 2.05) is 11.6 Å². The van der Waals surface area contributed by atoms with Crippen molar-refractivity contribution in [3.63, 3.8) is 0 Å². The molecule has 146 valence electrons. The Morgan fingerprint density at radius 2 is 1.63 bits per heavy atom. The average Bonchev–Trinajstić information content (AvgIpc) is 3.19. The fourth-order valence-corrected chi connectivity index (χ4v) is 3.47. The molecule has 8 nitrogen and oxygen atoms in total. The van der Waals surface area contributed by atoms with Crippen molar-refractivity contribution >= 4 is 28.0 Å². The zero-order valence-electron chi connectivity index (χ0n) is 17.6. The lowest BCUT2D eigenvalue weighted by molar-refractivity contribution is 0.554. The van der Waals surface area contributed by atoms with Crippen LogP contribution in [0.4, 0.5) is 10.8 Å². The summed E-state index contributed by atoms with van der Waals surface area (Å²) in [5.41, 5.74) is 2.14. The number of azo groups is 1. The highest BCUT2D eigenvalue weighted by Crippen LogP contribution is 2.36. The Hall–Kier alpha value is -2.16. The van der Waals surface area contributed by atoms with Crippen LogP contribution in [0.5, 0.6) is 0 Å². The Balaban J connectivity index is 2.12. The van der Waals surface area contributed by atoms with Gasteiger partial charge in [-0.05, 0) is 0 Å². The maximum atomic E-state index is 4.70. The quantitative estimate of drug-likeness (QED) is 0.587. The van der Waals surface area contributed by atoms with Gasteiger partial charge in [0.1, 0.15) is 11.6 Å². The first-order valence-electron chi connectivity index (χ1n) is 9.11. The fourth-order valence-electron chi connectivity index (χ4n) is 2.78. The van der Waals surface area contributed by atoms with Crippen molar-refractivity contribution in [2.45, 2.75) is 72.1 Å². The second-order valence-electron chi connectivity index (χ2n) is 9.18. The van der Waals surface area contributed by atoms with Crippen molar-refractivity contribution in [1.29, 1.82) is 0 Å². The normalized spacial score (nSPS) is 13.6. The molecule has 0 bridgehead atoms. The molecule has 0 N–H and O–H groups in total. The van der Waals surface area contributed by atoms with Crippen molar-refractivity contribution in [3.05, 3.63) is 17.3 Å². The standard InChI is InChI=1S/C18H28N8S/c1-10(2)13-23-26-14(25(13)9)11(12(22-26)17(3,4)5)20-21-16-19-15(24-27-16)18(6,7)8/h10H,1-9H3/b21-20-. The van der Waals surface area contributed by atoms with Crippen LogP contribution in [0.3, 0.4) is 0 Å². The lowest BCUT2D eigenvalue weighted by Gasteiger charge is -2.15. The zero-order chi connectivity index (χ0) is 20.1. The van der Waals surface area contributed by atoms with Gasteiger partial charge in [-0.25, -0.2) is 0 Å². The van der Waals surface area contributed by atoms with E-state index in [4.69, 9.17) is 5.10 Å². The van der Waals surface area contributed by atoms with E-state index in [2.05, 4.69) is 80.1 Å². The van der Waals surface area contributed by atoms with Crippen LogP contribution in [0.2, 0.25) is 0 Å². The molecule has 9 heteroatoms. The highest BCUT2D eigenvalue weighted by atomic mass is 32.1. The third-order valence-corrected chi connectivity index (χ3v) is 4.83. The number of aromatic nitrogens is 6. The van der Waals surface area contributed by atoms with Gasteiger partial charge in [-0.2, -0.15) is 14.5 Å². The molecule has 27 heavy (non-hydrogen) atoms. The minimum absolute atomic E-state index is 0.111. The van der Waals surface area contributed by atoms with E-state index >= 15 is 0 Å². The Labute approximate surface area is 163 Å². The fraction of sp³-hybridized carbons (Fsp3) is 0.667. The van der Waals surface area contributed by atoms with Crippen LogP contribution in [-0.4, -0.2) is 28.8 Å². The molecule has 0 fully saturated rings. The predicted octanol–water partition coefficient (Wildman–Crippen LogP) is 5.05. The van der Waals surface area contributed by atoms with Crippen LogP contribution < -0.4 is 0 Å². The summed E-state index contributed by atoms with van der Waals surface area (Å²) in [4.78, 5) is 4.51. The lowest BCUT2D eigenvalue weighted by Crippen LogP contribution is -2.13. The van der Waals surface area contributed by atoms with E-state index in [1.165, 1.54) is 11.5 Å². The Morgan fingerprint density at radius 3 is 2.15 bits per heavy atom. The molecule has 3 aromatic heterocycles. The van der Waals surface area contributed by atoms with E-state index in [0.717, 1.165) is 28.7 Å². The van der Waals surface area contributed by atoms with Crippen LogP contribution in [0.1, 0.15) is 78.7 Å². The molecule has 0 unspecified atom stereocenters. The summed E-state index contributed by atoms with van der Waals surface area (Å²) < 4.78 is 8.12. The minimum atomic E-state index is -0.183. The van der Waals surface area contributed by atoms with Gasteiger partial charge in [-0.3, -0.25) is 0 Å². The van der Waals surface area contributed by atoms with E-state index in [1.54, 1.807) is 4.63 Å². The lowest BCUT2D eigenvalue weighted by atomic mass is 9.91. The van der Waals surface area contributed by atoms with Crippen molar-refractivity contribution in [2.24, 2.45) is 17.3 Å². The molecular formula is C18H28N8S. The summed E-state index contributed by atoms with van der Waals surface area (Å²) in [6, 6.07) is 0. The first-order valence-corrected chi connectivity index (χ1v) is 9.89. The van der Waals surface area contributed by atoms with Crippen molar-refractivity contribution < 1.29 is 0 Å². The largest absolute Gasteiger partial charge is 0.312 e. The van der Waals surface area contributed by atoms with Gasteiger partial charge in [-0.1, -0.05) is 55.4 Å². The molecule has 0 aliphatic rings. The topological polar surface area (TPSA) is 85.6 Å². The van der Waals surface area contributed by atoms with Crippen molar-refractivity contribution in [3.8, 4) is 0 Å². The summed E-state index contributed by atoms with van der Waals surface area (Å²) in [5, 5.41) is 18.8. The molecule has 0 atom stereocenters. The Kier molecular flexibility index (Phi) is 4.70. The second kappa shape index (κ2) is 6.47. The molecule has 0 aromatic carbocycles. The third-order valence-electron chi connectivity index (χ3n) is 4.23. The summed E-state index contributed by atoms with van der Waals surface area (Å²) >= 11 is 1.26.